The first-order chi connectivity index (χ1) is 10.0. The molecule has 1 aliphatic carbocycles. The van der Waals surface area contributed by atoms with Crippen LogP contribution >= 0.6 is 23.6 Å². The van der Waals surface area contributed by atoms with Gasteiger partial charge in [-0.2, -0.15) is 0 Å². The molecule has 0 saturated carbocycles. The van der Waals surface area contributed by atoms with E-state index in [0.29, 0.717) is 17.2 Å². The van der Waals surface area contributed by atoms with Crippen LogP contribution in [0.4, 0.5) is 5.00 Å². The van der Waals surface area contributed by atoms with Crippen molar-refractivity contribution in [1.29, 1.82) is 0 Å². The largest absolute Gasteiger partial charge is 0.462 e. The van der Waals surface area contributed by atoms with Crippen LogP contribution in [0, 0.1) is 0 Å². The Morgan fingerprint density at radius 1 is 1.38 bits per heavy atom. The van der Waals surface area contributed by atoms with Crippen molar-refractivity contribution in [3.63, 3.8) is 0 Å². The van der Waals surface area contributed by atoms with E-state index in [1.54, 1.807) is 6.92 Å². The molecule has 0 spiro atoms. The minimum Gasteiger partial charge on any atom is -0.462 e. The van der Waals surface area contributed by atoms with Crippen LogP contribution in [-0.2, 0) is 22.4 Å². The highest BCUT2D eigenvalue weighted by Gasteiger charge is 2.27. The van der Waals surface area contributed by atoms with Crippen LogP contribution in [0.1, 0.15) is 47.0 Å². The van der Waals surface area contributed by atoms with Gasteiger partial charge in [-0.05, 0) is 38.2 Å². The van der Waals surface area contributed by atoms with Gasteiger partial charge in [0.15, 0.2) is 0 Å². The number of esters is 1. The van der Waals surface area contributed by atoms with Crippen LogP contribution in [0.15, 0.2) is 0 Å². The molecule has 2 rings (SSSR count). The van der Waals surface area contributed by atoms with Crippen LogP contribution in [0.25, 0.3) is 0 Å². The normalized spacial score (nSPS) is 13.4. The number of hydrogen-bond acceptors (Lipinski definition) is 5. The summed E-state index contributed by atoms with van der Waals surface area (Å²) in [6, 6.07) is 0. The molecule has 0 bridgehead atoms. The van der Waals surface area contributed by atoms with Crippen LogP contribution < -0.4 is 11.1 Å². The molecule has 5 nitrogen and oxygen atoms in total. The first-order valence-corrected chi connectivity index (χ1v) is 8.15. The Bertz CT molecular complexity index is 581. The molecule has 3 N–H and O–H groups in total. The minimum atomic E-state index is -0.373. The highest BCUT2D eigenvalue weighted by molar-refractivity contribution is 7.80. The van der Waals surface area contributed by atoms with Gasteiger partial charge in [-0.25, -0.2) is 4.79 Å². The van der Waals surface area contributed by atoms with E-state index in [-0.39, 0.29) is 23.3 Å². The third kappa shape index (κ3) is 3.79. The topological polar surface area (TPSA) is 81.4 Å². The second-order valence-electron chi connectivity index (χ2n) is 4.83. The van der Waals surface area contributed by atoms with Crippen molar-refractivity contribution in [2.24, 2.45) is 5.73 Å². The zero-order valence-electron chi connectivity index (χ0n) is 11.9. The molecule has 0 aromatic carbocycles. The fourth-order valence-electron chi connectivity index (χ4n) is 2.40. The summed E-state index contributed by atoms with van der Waals surface area (Å²) in [5.41, 5.74) is 6.90. The van der Waals surface area contributed by atoms with Crippen molar-refractivity contribution in [1.82, 2.24) is 0 Å². The Morgan fingerprint density at radius 3 is 2.76 bits per heavy atom. The number of thiocarbonyl (C=S) groups is 1. The number of fused-ring (bicyclic) bond motifs is 1. The van der Waals surface area contributed by atoms with Crippen molar-refractivity contribution >= 4 is 45.4 Å². The van der Waals surface area contributed by atoms with Crippen molar-refractivity contribution in [3.8, 4) is 0 Å². The smallest absolute Gasteiger partial charge is 0.341 e. The quantitative estimate of drug-likeness (QED) is 0.641. The summed E-state index contributed by atoms with van der Waals surface area (Å²) in [7, 11) is 0. The summed E-state index contributed by atoms with van der Waals surface area (Å²) in [6.45, 7) is 2.07. The number of carbonyl (C=O) groups excluding carboxylic acids is 2. The van der Waals surface area contributed by atoms with Gasteiger partial charge in [0, 0.05) is 4.88 Å². The number of amides is 1. The molecule has 0 unspecified atom stereocenters. The fourth-order valence-corrected chi connectivity index (χ4v) is 3.83. The van der Waals surface area contributed by atoms with Gasteiger partial charge in [-0.15, -0.1) is 11.3 Å². The second-order valence-corrected chi connectivity index (χ2v) is 6.46. The Morgan fingerprint density at radius 2 is 2.10 bits per heavy atom. The Labute approximate surface area is 132 Å². The SMILES string of the molecule is CCOC(=O)c1c(NC(=O)CC(N)=S)sc2c1CCCC2. The van der Waals surface area contributed by atoms with Gasteiger partial charge in [-0.1, -0.05) is 12.2 Å². The standard InChI is InChI=1S/C14H18N2O3S2/c1-2-19-14(18)12-8-5-3-4-6-9(8)21-13(12)16-11(17)7-10(15)20/h2-7H2,1H3,(H2,15,20)(H,16,17). The molecule has 0 atom stereocenters. The average Bonchev–Trinajstić information content (AvgIpc) is 2.75. The summed E-state index contributed by atoms with van der Waals surface area (Å²) >= 11 is 6.18. The summed E-state index contributed by atoms with van der Waals surface area (Å²) in [4.78, 5) is 25.3. The van der Waals surface area contributed by atoms with E-state index < -0.39 is 0 Å². The van der Waals surface area contributed by atoms with E-state index in [9.17, 15) is 9.59 Å². The summed E-state index contributed by atoms with van der Waals surface area (Å²) < 4.78 is 5.12. The molecular weight excluding hydrogens is 308 g/mol. The molecule has 1 aliphatic rings. The molecule has 1 heterocycles. The molecule has 7 heteroatoms. The number of nitrogens with two attached hydrogens (primary N) is 1. The molecular formula is C14H18N2O3S2. The second kappa shape index (κ2) is 7.00. The molecule has 1 aromatic rings. The van der Waals surface area contributed by atoms with Crippen LogP contribution in [-0.4, -0.2) is 23.5 Å². The van der Waals surface area contributed by atoms with E-state index in [1.165, 1.54) is 11.3 Å². The fraction of sp³-hybridized carbons (Fsp3) is 0.500. The highest BCUT2D eigenvalue weighted by Crippen LogP contribution is 2.38. The van der Waals surface area contributed by atoms with Crippen LogP contribution in [0.3, 0.4) is 0 Å². The van der Waals surface area contributed by atoms with E-state index in [2.05, 4.69) is 5.32 Å². The Hall–Kier alpha value is -1.47. The number of thiophene rings is 1. The zero-order chi connectivity index (χ0) is 15.4. The number of anilines is 1. The van der Waals surface area contributed by atoms with Gasteiger partial charge < -0.3 is 15.8 Å². The molecule has 114 valence electrons. The van der Waals surface area contributed by atoms with Gasteiger partial charge in [0.25, 0.3) is 0 Å². The van der Waals surface area contributed by atoms with Crippen molar-refractivity contribution < 1.29 is 14.3 Å². The lowest BCUT2D eigenvalue weighted by atomic mass is 9.95. The predicted octanol–water partition coefficient (Wildman–Crippen LogP) is 2.42. The maximum absolute atomic E-state index is 12.2. The monoisotopic (exact) mass is 326 g/mol. The van der Waals surface area contributed by atoms with E-state index in [0.717, 1.165) is 36.1 Å². The van der Waals surface area contributed by atoms with Gasteiger partial charge >= 0.3 is 5.97 Å². The third-order valence-corrected chi connectivity index (χ3v) is 4.59. The highest BCUT2D eigenvalue weighted by atomic mass is 32.1. The van der Waals surface area contributed by atoms with Gasteiger partial charge in [0.05, 0.1) is 23.6 Å². The Balaban J connectivity index is 2.30. The lowest BCUT2D eigenvalue weighted by Gasteiger charge is -2.12. The number of rotatable bonds is 5. The van der Waals surface area contributed by atoms with Crippen LogP contribution in [0.5, 0.6) is 0 Å². The molecule has 21 heavy (non-hydrogen) atoms. The van der Waals surface area contributed by atoms with Gasteiger partial charge in [0.2, 0.25) is 5.91 Å². The molecule has 1 aromatic heterocycles. The Kier molecular flexibility index (Phi) is 5.30. The first kappa shape index (κ1) is 15.9. The number of ether oxygens (including phenoxy) is 1. The number of aryl methyl sites for hydroxylation is 1. The summed E-state index contributed by atoms with van der Waals surface area (Å²) in [5, 5.41) is 3.31. The average molecular weight is 326 g/mol. The zero-order valence-corrected chi connectivity index (χ0v) is 13.5. The maximum Gasteiger partial charge on any atom is 0.341 e. The number of hydrogen-bond donors (Lipinski definition) is 2. The molecule has 0 aliphatic heterocycles. The third-order valence-electron chi connectivity index (χ3n) is 3.24. The predicted molar refractivity (Wildman–Crippen MR) is 86.9 cm³/mol. The minimum absolute atomic E-state index is 0.0276. The van der Waals surface area contributed by atoms with Crippen molar-refractivity contribution in [3.05, 3.63) is 16.0 Å². The lowest BCUT2D eigenvalue weighted by molar-refractivity contribution is -0.115. The number of nitrogens with one attached hydrogen (secondary N) is 1. The maximum atomic E-state index is 12.2. The lowest BCUT2D eigenvalue weighted by Crippen LogP contribution is -2.21. The number of carbonyl (C=O) groups is 2. The van der Waals surface area contributed by atoms with Crippen molar-refractivity contribution in [2.75, 3.05) is 11.9 Å². The van der Waals surface area contributed by atoms with E-state index >= 15 is 0 Å². The molecule has 0 saturated heterocycles. The van der Waals surface area contributed by atoms with E-state index in [4.69, 9.17) is 22.7 Å². The van der Waals surface area contributed by atoms with Gasteiger partial charge in [0.1, 0.15) is 5.00 Å². The van der Waals surface area contributed by atoms with Gasteiger partial charge in [-0.3, -0.25) is 4.79 Å². The van der Waals surface area contributed by atoms with Crippen molar-refractivity contribution in [2.45, 2.75) is 39.0 Å². The summed E-state index contributed by atoms with van der Waals surface area (Å²) in [6.07, 6.45) is 3.93. The molecule has 1 amide bonds. The van der Waals surface area contributed by atoms with E-state index in [1.807, 2.05) is 0 Å². The first-order valence-electron chi connectivity index (χ1n) is 6.92. The molecule has 0 radical (unpaired) electrons. The summed E-state index contributed by atoms with van der Waals surface area (Å²) in [5.74, 6) is -0.672. The van der Waals surface area contributed by atoms with Crippen LogP contribution in [0.2, 0.25) is 0 Å². The molecule has 0 fully saturated rings.